The molecule has 2 aromatic rings. The van der Waals surface area contributed by atoms with E-state index in [1.165, 1.54) is 0 Å². The highest BCUT2D eigenvalue weighted by Gasteiger charge is 2.33. The molecule has 1 aliphatic rings. The fraction of sp³-hybridized carbons (Fsp3) is 0.300. The molecule has 1 aliphatic heterocycles. The Bertz CT molecular complexity index is 892. The number of esters is 1. The van der Waals surface area contributed by atoms with E-state index in [1.54, 1.807) is 6.92 Å². The van der Waals surface area contributed by atoms with Gasteiger partial charge in [0, 0.05) is 11.3 Å². The van der Waals surface area contributed by atoms with Crippen LogP contribution in [0.15, 0.2) is 47.7 Å². The average molecular weight is 370 g/mol. The molecular formula is C20H22N2O3S. The molecule has 1 atom stereocenters. The van der Waals surface area contributed by atoms with Crippen molar-refractivity contribution in [1.29, 1.82) is 0 Å². The van der Waals surface area contributed by atoms with Gasteiger partial charge >= 0.3 is 5.97 Å². The highest BCUT2D eigenvalue weighted by Crippen LogP contribution is 2.38. The zero-order valence-corrected chi connectivity index (χ0v) is 15.9. The van der Waals surface area contributed by atoms with E-state index >= 15 is 0 Å². The van der Waals surface area contributed by atoms with E-state index in [2.05, 4.69) is 10.6 Å². The lowest BCUT2D eigenvalue weighted by molar-refractivity contribution is -0.139. The van der Waals surface area contributed by atoms with Gasteiger partial charge < -0.3 is 20.1 Å². The summed E-state index contributed by atoms with van der Waals surface area (Å²) >= 11 is 5.35. The smallest absolute Gasteiger partial charge is 0.338 e. The zero-order chi connectivity index (χ0) is 18.7. The summed E-state index contributed by atoms with van der Waals surface area (Å²) in [7, 11) is 0. The third-order valence-electron chi connectivity index (χ3n) is 4.28. The van der Waals surface area contributed by atoms with Gasteiger partial charge in [0.15, 0.2) is 5.11 Å². The third kappa shape index (κ3) is 3.37. The van der Waals surface area contributed by atoms with Gasteiger partial charge in [0.2, 0.25) is 0 Å². The van der Waals surface area contributed by atoms with Crippen LogP contribution in [-0.4, -0.2) is 24.3 Å². The maximum absolute atomic E-state index is 12.7. The highest BCUT2D eigenvalue weighted by molar-refractivity contribution is 7.80. The van der Waals surface area contributed by atoms with E-state index in [0.717, 1.165) is 22.1 Å². The van der Waals surface area contributed by atoms with E-state index < -0.39 is 6.04 Å². The summed E-state index contributed by atoms with van der Waals surface area (Å²) in [5, 5.41) is 8.80. The molecule has 0 saturated heterocycles. The molecule has 26 heavy (non-hydrogen) atoms. The number of carbonyl (C=O) groups is 1. The summed E-state index contributed by atoms with van der Waals surface area (Å²) in [6.45, 7) is 6.39. The van der Waals surface area contributed by atoms with Crippen molar-refractivity contribution in [3.8, 4) is 5.75 Å². The number of hydrogen-bond acceptors (Lipinski definition) is 4. The van der Waals surface area contributed by atoms with Gasteiger partial charge in [-0.05, 0) is 49.8 Å². The molecule has 3 rings (SSSR count). The number of thiocarbonyl (C=S) groups is 1. The highest BCUT2D eigenvalue weighted by atomic mass is 32.1. The summed E-state index contributed by atoms with van der Waals surface area (Å²) in [6.07, 6.45) is 0. The molecule has 1 unspecified atom stereocenters. The van der Waals surface area contributed by atoms with Crippen LogP contribution in [0.1, 0.15) is 32.4 Å². The second kappa shape index (κ2) is 7.74. The number of rotatable bonds is 5. The van der Waals surface area contributed by atoms with Crippen molar-refractivity contribution in [3.05, 3.63) is 53.2 Å². The monoisotopic (exact) mass is 370 g/mol. The quantitative estimate of drug-likeness (QED) is 0.620. The second-order valence-corrected chi connectivity index (χ2v) is 6.33. The molecule has 2 N–H and O–H groups in total. The van der Waals surface area contributed by atoms with Gasteiger partial charge in [-0.25, -0.2) is 4.79 Å². The Kier molecular flexibility index (Phi) is 5.42. The Balaban J connectivity index is 2.24. The molecule has 0 spiro atoms. The largest absolute Gasteiger partial charge is 0.493 e. The van der Waals surface area contributed by atoms with Crippen molar-refractivity contribution in [1.82, 2.24) is 10.6 Å². The maximum atomic E-state index is 12.7. The molecule has 2 aromatic carbocycles. The number of allylic oxidation sites excluding steroid dienone is 1. The first-order valence-corrected chi connectivity index (χ1v) is 9.07. The van der Waals surface area contributed by atoms with Crippen molar-refractivity contribution >= 4 is 34.1 Å². The van der Waals surface area contributed by atoms with Gasteiger partial charge in [-0.15, -0.1) is 0 Å². The number of benzene rings is 2. The van der Waals surface area contributed by atoms with Crippen LogP contribution >= 0.6 is 12.2 Å². The summed E-state index contributed by atoms with van der Waals surface area (Å²) in [5.74, 6) is 0.357. The van der Waals surface area contributed by atoms with Crippen LogP contribution in [0, 0.1) is 0 Å². The minimum atomic E-state index is -0.449. The molecule has 6 heteroatoms. The van der Waals surface area contributed by atoms with Gasteiger partial charge in [-0.3, -0.25) is 0 Å². The Labute approximate surface area is 158 Å². The van der Waals surface area contributed by atoms with E-state index in [0.29, 0.717) is 29.6 Å². The SMILES string of the molecule is CCOC(=O)C1=C(C)NC(=S)NC1c1c(OCC)ccc2ccccc12. The van der Waals surface area contributed by atoms with Crippen LogP contribution < -0.4 is 15.4 Å². The average Bonchev–Trinajstić information content (AvgIpc) is 2.61. The van der Waals surface area contributed by atoms with Crippen molar-refractivity contribution < 1.29 is 14.3 Å². The molecule has 0 bridgehead atoms. The topological polar surface area (TPSA) is 59.6 Å². The Morgan fingerprint density at radius 3 is 2.65 bits per heavy atom. The van der Waals surface area contributed by atoms with E-state index in [4.69, 9.17) is 21.7 Å². The molecule has 0 radical (unpaired) electrons. The van der Waals surface area contributed by atoms with Crippen molar-refractivity contribution in [2.24, 2.45) is 0 Å². The van der Waals surface area contributed by atoms with Gasteiger partial charge in [0.1, 0.15) is 5.75 Å². The number of fused-ring (bicyclic) bond motifs is 1. The number of carbonyl (C=O) groups excluding carboxylic acids is 1. The van der Waals surface area contributed by atoms with Crippen LogP contribution in [0.4, 0.5) is 0 Å². The lowest BCUT2D eigenvalue weighted by Gasteiger charge is -2.31. The minimum absolute atomic E-state index is 0.306. The van der Waals surface area contributed by atoms with Crippen LogP contribution in [0.5, 0.6) is 5.75 Å². The number of ether oxygens (including phenoxy) is 2. The fourth-order valence-corrected chi connectivity index (χ4v) is 3.52. The molecule has 1 heterocycles. The first-order chi connectivity index (χ1) is 12.6. The normalized spacial score (nSPS) is 16.9. The van der Waals surface area contributed by atoms with Gasteiger partial charge in [-0.2, -0.15) is 0 Å². The Hall–Kier alpha value is -2.60. The molecule has 136 valence electrons. The van der Waals surface area contributed by atoms with Gasteiger partial charge in [0.25, 0.3) is 0 Å². The molecule has 0 amide bonds. The van der Waals surface area contributed by atoms with Gasteiger partial charge in [-0.1, -0.05) is 30.3 Å². The third-order valence-corrected chi connectivity index (χ3v) is 4.50. The molecule has 5 nitrogen and oxygen atoms in total. The first-order valence-electron chi connectivity index (χ1n) is 8.66. The summed E-state index contributed by atoms with van der Waals surface area (Å²) in [4.78, 5) is 12.7. The molecule has 0 aliphatic carbocycles. The molecule has 0 fully saturated rings. The van der Waals surface area contributed by atoms with E-state index in [1.807, 2.05) is 50.2 Å². The first kappa shape index (κ1) is 18.2. The van der Waals surface area contributed by atoms with Crippen LogP contribution in [0.25, 0.3) is 10.8 Å². The van der Waals surface area contributed by atoms with Crippen LogP contribution in [0.3, 0.4) is 0 Å². The Morgan fingerprint density at radius 2 is 1.92 bits per heavy atom. The van der Waals surface area contributed by atoms with E-state index in [9.17, 15) is 4.79 Å². The van der Waals surface area contributed by atoms with Gasteiger partial charge in [0.05, 0.1) is 24.8 Å². The molecular weight excluding hydrogens is 348 g/mol. The summed E-state index contributed by atoms with van der Waals surface area (Å²) in [5.41, 5.74) is 2.08. The van der Waals surface area contributed by atoms with Crippen LogP contribution in [-0.2, 0) is 9.53 Å². The predicted octanol–water partition coefficient (Wildman–Crippen LogP) is 3.59. The Morgan fingerprint density at radius 1 is 1.15 bits per heavy atom. The molecule has 0 aromatic heterocycles. The van der Waals surface area contributed by atoms with Crippen molar-refractivity contribution in [3.63, 3.8) is 0 Å². The predicted molar refractivity (Wildman–Crippen MR) is 106 cm³/mol. The standard InChI is InChI=1S/C20H22N2O3S/c1-4-24-15-11-10-13-8-6-7-9-14(13)17(15)18-16(19(23)25-5-2)12(3)21-20(26)22-18/h6-11,18H,4-5H2,1-3H3,(H2,21,22,26). The lowest BCUT2D eigenvalue weighted by Crippen LogP contribution is -2.45. The summed E-state index contributed by atoms with van der Waals surface area (Å²) in [6, 6.07) is 11.5. The number of nitrogens with one attached hydrogen (secondary N) is 2. The van der Waals surface area contributed by atoms with Crippen LogP contribution in [0.2, 0.25) is 0 Å². The second-order valence-electron chi connectivity index (χ2n) is 5.92. The minimum Gasteiger partial charge on any atom is -0.493 e. The molecule has 0 saturated carbocycles. The van der Waals surface area contributed by atoms with Crippen molar-refractivity contribution in [2.45, 2.75) is 26.8 Å². The number of hydrogen-bond donors (Lipinski definition) is 2. The lowest BCUT2D eigenvalue weighted by atomic mass is 9.90. The zero-order valence-electron chi connectivity index (χ0n) is 15.1. The van der Waals surface area contributed by atoms with E-state index in [-0.39, 0.29) is 5.97 Å². The fourth-order valence-electron chi connectivity index (χ4n) is 3.24. The summed E-state index contributed by atoms with van der Waals surface area (Å²) < 4.78 is 11.2. The van der Waals surface area contributed by atoms with Crippen molar-refractivity contribution in [2.75, 3.05) is 13.2 Å². The maximum Gasteiger partial charge on any atom is 0.338 e.